The summed E-state index contributed by atoms with van der Waals surface area (Å²) >= 11 is 12.5. The number of benzene rings is 1. The Morgan fingerprint density at radius 2 is 1.92 bits per heavy atom. The molecule has 0 bridgehead atoms. The van der Waals surface area contributed by atoms with Crippen LogP contribution in [0.3, 0.4) is 0 Å². The number of alkyl halides is 3. The van der Waals surface area contributed by atoms with Gasteiger partial charge in [0.1, 0.15) is 13.1 Å². The fourth-order valence-electron chi connectivity index (χ4n) is 3.57. The first-order valence-electron chi connectivity index (χ1n) is 8.00. The Kier molecular flexibility index (Phi) is 5.11. The Morgan fingerprint density at radius 3 is 2.54 bits per heavy atom. The summed E-state index contributed by atoms with van der Waals surface area (Å²) < 4.78 is 36.9. The van der Waals surface area contributed by atoms with Gasteiger partial charge in [-0.15, -0.1) is 0 Å². The summed E-state index contributed by atoms with van der Waals surface area (Å²) in [4.78, 5) is 26.3. The van der Waals surface area contributed by atoms with E-state index in [0.29, 0.717) is 42.2 Å². The maximum Gasteiger partial charge on any atom is 0.405 e. The highest BCUT2D eigenvalue weighted by molar-refractivity contribution is 6.43. The molecule has 1 saturated heterocycles. The van der Waals surface area contributed by atoms with Crippen molar-refractivity contribution in [2.24, 2.45) is 0 Å². The number of carbonyl (C=O) groups excluding carboxylic acids is 2. The van der Waals surface area contributed by atoms with Crippen LogP contribution in [0.15, 0.2) is 12.1 Å². The number of hydrogen-bond acceptors (Lipinski definition) is 3. The van der Waals surface area contributed by atoms with Crippen molar-refractivity contribution in [2.45, 2.75) is 24.4 Å². The van der Waals surface area contributed by atoms with Crippen molar-refractivity contribution in [1.82, 2.24) is 10.6 Å². The predicted molar refractivity (Wildman–Crippen MR) is 91.7 cm³/mol. The molecule has 1 fully saturated rings. The third-order valence-electron chi connectivity index (χ3n) is 4.74. The van der Waals surface area contributed by atoms with Crippen LogP contribution in [-0.2, 0) is 15.0 Å². The largest absolute Gasteiger partial charge is 0.405 e. The van der Waals surface area contributed by atoms with Gasteiger partial charge in [0.05, 0.1) is 21.1 Å². The molecule has 10 heteroatoms. The third-order valence-corrected chi connectivity index (χ3v) is 5.55. The fraction of sp³-hybridized carbons (Fsp3) is 0.500. The second kappa shape index (κ2) is 6.90. The van der Waals surface area contributed by atoms with Gasteiger partial charge in [0.2, 0.25) is 11.8 Å². The molecule has 2 aliphatic rings. The molecule has 26 heavy (non-hydrogen) atoms. The summed E-state index contributed by atoms with van der Waals surface area (Å²) in [6.07, 6.45) is -3.57. The molecule has 2 amide bonds. The first-order valence-corrected chi connectivity index (χ1v) is 8.76. The van der Waals surface area contributed by atoms with E-state index in [1.807, 2.05) is 0 Å². The lowest BCUT2D eigenvalue weighted by Gasteiger charge is -2.33. The van der Waals surface area contributed by atoms with Gasteiger partial charge in [-0.1, -0.05) is 23.2 Å². The number of amides is 2. The van der Waals surface area contributed by atoms with Crippen LogP contribution >= 0.6 is 23.2 Å². The van der Waals surface area contributed by atoms with Crippen molar-refractivity contribution in [2.75, 3.05) is 31.1 Å². The molecule has 0 unspecified atom stereocenters. The molecular weight excluding hydrogens is 394 g/mol. The number of nitrogens with one attached hydrogen (secondary N) is 2. The van der Waals surface area contributed by atoms with Crippen molar-refractivity contribution in [1.29, 1.82) is 0 Å². The minimum Gasteiger partial charge on any atom is -0.345 e. The number of piperidine rings is 1. The summed E-state index contributed by atoms with van der Waals surface area (Å²) in [5, 5.41) is 5.49. The van der Waals surface area contributed by atoms with E-state index >= 15 is 0 Å². The van der Waals surface area contributed by atoms with Gasteiger partial charge in [-0.2, -0.15) is 13.2 Å². The van der Waals surface area contributed by atoms with Crippen LogP contribution in [0.5, 0.6) is 0 Å². The minimum atomic E-state index is -4.52. The van der Waals surface area contributed by atoms with Gasteiger partial charge in [-0.05, 0) is 38.1 Å². The smallest absolute Gasteiger partial charge is 0.345 e. The second-order valence-corrected chi connectivity index (χ2v) is 7.16. The van der Waals surface area contributed by atoms with Gasteiger partial charge in [-0.3, -0.25) is 9.59 Å². The van der Waals surface area contributed by atoms with Crippen molar-refractivity contribution in [3.8, 4) is 0 Å². The van der Waals surface area contributed by atoms with Gasteiger partial charge in [-0.25, -0.2) is 0 Å². The Labute approximate surface area is 157 Å². The van der Waals surface area contributed by atoms with Gasteiger partial charge in [0.15, 0.2) is 0 Å². The molecular formula is C16H16Cl2F3N3O2. The van der Waals surface area contributed by atoms with Crippen molar-refractivity contribution in [3.63, 3.8) is 0 Å². The molecule has 1 aromatic carbocycles. The zero-order valence-electron chi connectivity index (χ0n) is 13.6. The van der Waals surface area contributed by atoms with E-state index in [1.54, 1.807) is 11.4 Å². The lowest BCUT2D eigenvalue weighted by molar-refractivity contribution is -0.138. The van der Waals surface area contributed by atoms with Crippen LogP contribution in [0.4, 0.5) is 18.9 Å². The summed E-state index contributed by atoms with van der Waals surface area (Å²) in [5.41, 5.74) is 0.0719. The highest BCUT2D eigenvalue weighted by Crippen LogP contribution is 2.51. The Balaban J connectivity index is 1.92. The molecule has 0 atom stereocenters. The topological polar surface area (TPSA) is 61.4 Å². The molecule has 2 heterocycles. The van der Waals surface area contributed by atoms with Crippen LogP contribution in [0.25, 0.3) is 0 Å². The molecule has 2 N–H and O–H groups in total. The van der Waals surface area contributed by atoms with Gasteiger partial charge < -0.3 is 15.5 Å². The molecule has 1 aromatic rings. The van der Waals surface area contributed by atoms with Crippen LogP contribution < -0.4 is 15.5 Å². The second-order valence-electron chi connectivity index (χ2n) is 6.37. The minimum absolute atomic E-state index is 0.248. The number of fused-ring (bicyclic) bond motifs is 2. The van der Waals surface area contributed by atoms with E-state index in [9.17, 15) is 22.8 Å². The van der Waals surface area contributed by atoms with E-state index in [1.165, 1.54) is 11.0 Å². The summed E-state index contributed by atoms with van der Waals surface area (Å²) in [5.74, 6) is -1.22. The maximum absolute atomic E-state index is 13.1. The molecule has 0 aromatic heterocycles. The van der Waals surface area contributed by atoms with Gasteiger partial charge in [0, 0.05) is 5.56 Å². The first-order chi connectivity index (χ1) is 12.2. The Bertz CT molecular complexity index is 749. The first kappa shape index (κ1) is 19.3. The van der Waals surface area contributed by atoms with Crippen LogP contribution in [0.2, 0.25) is 10.0 Å². The Hall–Kier alpha value is -1.51. The molecule has 3 rings (SSSR count). The number of carbonyl (C=O) groups is 2. The normalized spacial score (nSPS) is 19.0. The predicted octanol–water partition coefficient (Wildman–Crippen LogP) is 2.64. The average Bonchev–Trinajstić information content (AvgIpc) is 2.79. The van der Waals surface area contributed by atoms with E-state index in [-0.39, 0.29) is 10.9 Å². The molecule has 0 saturated carbocycles. The van der Waals surface area contributed by atoms with E-state index < -0.39 is 30.6 Å². The van der Waals surface area contributed by atoms with Crippen molar-refractivity contribution in [3.05, 3.63) is 27.7 Å². The molecule has 0 radical (unpaired) electrons. The number of nitrogens with zero attached hydrogens (tertiary/aromatic N) is 1. The maximum atomic E-state index is 13.1. The number of rotatable bonds is 3. The monoisotopic (exact) mass is 409 g/mol. The summed E-state index contributed by atoms with van der Waals surface area (Å²) in [7, 11) is 0. The molecule has 2 aliphatic heterocycles. The zero-order chi connectivity index (χ0) is 19.1. The highest BCUT2D eigenvalue weighted by atomic mass is 35.5. The SMILES string of the molecule is O=C(CN1C(=O)C2(CCNCC2)c2c1ccc(Cl)c2Cl)NCC(F)(F)F. The van der Waals surface area contributed by atoms with Crippen LogP contribution in [0.1, 0.15) is 18.4 Å². The molecule has 142 valence electrons. The molecule has 1 spiro atoms. The highest BCUT2D eigenvalue weighted by Gasteiger charge is 2.53. The number of halogens is 5. The van der Waals surface area contributed by atoms with Crippen molar-refractivity contribution < 1.29 is 22.8 Å². The van der Waals surface area contributed by atoms with Crippen molar-refractivity contribution >= 4 is 40.7 Å². The summed E-state index contributed by atoms with van der Waals surface area (Å²) in [6, 6.07) is 3.09. The Morgan fingerprint density at radius 1 is 1.27 bits per heavy atom. The number of anilines is 1. The summed E-state index contributed by atoms with van der Waals surface area (Å²) in [6.45, 7) is -0.781. The molecule has 0 aliphatic carbocycles. The number of hydrogen-bond donors (Lipinski definition) is 2. The standard InChI is InChI=1S/C16H16Cl2F3N3O2/c17-9-1-2-10-12(13(9)18)15(3-5-22-6-4-15)14(26)24(10)7-11(25)23-8-16(19,20)21/h1-2,22H,3-8H2,(H,23,25). The van der Waals surface area contributed by atoms with E-state index in [0.717, 1.165) is 0 Å². The lowest BCUT2D eigenvalue weighted by Crippen LogP contribution is -2.49. The zero-order valence-corrected chi connectivity index (χ0v) is 15.1. The average molecular weight is 410 g/mol. The third kappa shape index (κ3) is 3.37. The lowest BCUT2D eigenvalue weighted by atomic mass is 9.74. The van der Waals surface area contributed by atoms with Gasteiger partial charge in [0.25, 0.3) is 0 Å². The fourth-order valence-corrected chi connectivity index (χ4v) is 4.07. The quantitative estimate of drug-likeness (QED) is 0.806. The van der Waals surface area contributed by atoms with Crippen LogP contribution in [-0.4, -0.2) is 44.2 Å². The van der Waals surface area contributed by atoms with Gasteiger partial charge >= 0.3 is 6.18 Å². The van der Waals surface area contributed by atoms with E-state index in [4.69, 9.17) is 23.2 Å². The van der Waals surface area contributed by atoms with E-state index in [2.05, 4.69) is 5.32 Å². The molecule has 5 nitrogen and oxygen atoms in total. The van der Waals surface area contributed by atoms with Crippen LogP contribution in [0, 0.1) is 0 Å².